The van der Waals surface area contributed by atoms with Gasteiger partial charge in [-0.1, -0.05) is 53.5 Å². The van der Waals surface area contributed by atoms with E-state index in [1.807, 2.05) is 24.3 Å². The molecule has 0 aromatic heterocycles. The average molecular weight is 334 g/mol. The first-order chi connectivity index (χ1) is 9.54. The Labute approximate surface area is 129 Å². The second-order valence-electron chi connectivity index (χ2n) is 5.20. The van der Waals surface area contributed by atoms with Gasteiger partial charge in [0, 0.05) is 22.6 Å². The molecule has 0 aliphatic carbocycles. The van der Waals surface area contributed by atoms with Crippen LogP contribution in [0.2, 0.25) is 0 Å². The van der Waals surface area contributed by atoms with Crippen molar-refractivity contribution in [2.75, 3.05) is 0 Å². The largest absolute Gasteiger partial charge is 0.457 e. The summed E-state index contributed by atoms with van der Waals surface area (Å²) in [7, 11) is 0. The zero-order valence-corrected chi connectivity index (χ0v) is 13.7. The number of rotatable bonds is 5. The molecular formula is C17H20BrNO. The molecule has 3 heteroatoms. The van der Waals surface area contributed by atoms with E-state index in [9.17, 15) is 0 Å². The van der Waals surface area contributed by atoms with Gasteiger partial charge in [0.05, 0.1) is 0 Å². The summed E-state index contributed by atoms with van der Waals surface area (Å²) in [5.74, 6) is 1.75. The van der Waals surface area contributed by atoms with E-state index in [0.717, 1.165) is 28.1 Å². The van der Waals surface area contributed by atoms with Gasteiger partial charge in [-0.2, -0.15) is 0 Å². The van der Waals surface area contributed by atoms with Crippen molar-refractivity contribution in [1.29, 1.82) is 0 Å². The fraction of sp³-hybridized carbons (Fsp3) is 0.294. The Hall–Kier alpha value is -1.32. The predicted octanol–water partition coefficient (Wildman–Crippen LogP) is 5.05. The molecule has 2 nitrogen and oxygen atoms in total. The molecule has 2 aromatic rings. The number of halogens is 1. The molecule has 0 atom stereocenters. The Morgan fingerprint density at radius 3 is 2.45 bits per heavy atom. The van der Waals surface area contributed by atoms with E-state index in [2.05, 4.69) is 60.2 Å². The second kappa shape index (κ2) is 6.91. The molecule has 0 fully saturated rings. The Bertz CT molecular complexity index is 564. The quantitative estimate of drug-likeness (QED) is 0.826. The molecule has 0 bridgehead atoms. The first-order valence-corrected chi connectivity index (χ1v) is 7.60. The smallest absolute Gasteiger partial charge is 0.133 e. The number of nitrogens with one attached hydrogen (secondary N) is 1. The van der Waals surface area contributed by atoms with Gasteiger partial charge in [0.15, 0.2) is 0 Å². The lowest BCUT2D eigenvalue weighted by atomic mass is 10.2. The fourth-order valence-corrected chi connectivity index (χ4v) is 2.16. The summed E-state index contributed by atoms with van der Waals surface area (Å²) >= 11 is 3.50. The van der Waals surface area contributed by atoms with Gasteiger partial charge in [-0.3, -0.25) is 0 Å². The van der Waals surface area contributed by atoms with Crippen molar-refractivity contribution in [1.82, 2.24) is 5.32 Å². The van der Waals surface area contributed by atoms with Crippen LogP contribution < -0.4 is 10.1 Å². The van der Waals surface area contributed by atoms with Gasteiger partial charge in [0.25, 0.3) is 0 Å². The molecular weight excluding hydrogens is 314 g/mol. The predicted molar refractivity (Wildman–Crippen MR) is 87.4 cm³/mol. The van der Waals surface area contributed by atoms with Gasteiger partial charge in [0.2, 0.25) is 0 Å². The SMILES string of the molecule is Cc1ccc(Oc2cc(Br)ccc2CNC(C)C)cc1. The molecule has 2 aromatic carbocycles. The summed E-state index contributed by atoms with van der Waals surface area (Å²) in [6, 6.07) is 14.7. The van der Waals surface area contributed by atoms with E-state index in [1.54, 1.807) is 0 Å². The minimum absolute atomic E-state index is 0.450. The number of hydrogen-bond acceptors (Lipinski definition) is 2. The van der Waals surface area contributed by atoms with Crippen molar-refractivity contribution in [3.63, 3.8) is 0 Å². The van der Waals surface area contributed by atoms with Crippen molar-refractivity contribution in [2.45, 2.75) is 33.4 Å². The van der Waals surface area contributed by atoms with Crippen LogP contribution in [0.15, 0.2) is 46.9 Å². The molecule has 0 saturated heterocycles. The molecule has 106 valence electrons. The van der Waals surface area contributed by atoms with Crippen LogP contribution in [-0.2, 0) is 6.54 Å². The highest BCUT2D eigenvalue weighted by atomic mass is 79.9. The van der Waals surface area contributed by atoms with Crippen LogP contribution in [0, 0.1) is 6.92 Å². The topological polar surface area (TPSA) is 21.3 Å². The summed E-state index contributed by atoms with van der Waals surface area (Å²) in [6.45, 7) is 7.14. The summed E-state index contributed by atoms with van der Waals surface area (Å²) in [5.41, 5.74) is 2.38. The third-order valence-corrected chi connectivity index (χ3v) is 3.47. The lowest BCUT2D eigenvalue weighted by Gasteiger charge is -2.14. The van der Waals surface area contributed by atoms with Crippen LogP contribution >= 0.6 is 15.9 Å². The number of ether oxygens (including phenoxy) is 1. The van der Waals surface area contributed by atoms with E-state index in [-0.39, 0.29) is 0 Å². The van der Waals surface area contributed by atoms with Gasteiger partial charge >= 0.3 is 0 Å². The average Bonchev–Trinajstić information content (AvgIpc) is 2.40. The molecule has 0 radical (unpaired) electrons. The van der Waals surface area contributed by atoms with Gasteiger partial charge < -0.3 is 10.1 Å². The molecule has 2 rings (SSSR count). The zero-order chi connectivity index (χ0) is 14.5. The van der Waals surface area contributed by atoms with Crippen LogP contribution in [0.4, 0.5) is 0 Å². The molecule has 1 N–H and O–H groups in total. The summed E-state index contributed by atoms with van der Waals surface area (Å²) in [5, 5.41) is 3.42. The molecule has 0 aliphatic rings. The lowest BCUT2D eigenvalue weighted by Crippen LogP contribution is -2.22. The third-order valence-electron chi connectivity index (χ3n) is 2.98. The van der Waals surface area contributed by atoms with Crippen LogP contribution in [0.5, 0.6) is 11.5 Å². The Balaban J connectivity index is 2.20. The summed E-state index contributed by atoms with van der Waals surface area (Å²) in [4.78, 5) is 0. The molecule has 0 aliphatic heterocycles. The number of benzene rings is 2. The minimum Gasteiger partial charge on any atom is -0.457 e. The number of hydrogen-bond donors (Lipinski definition) is 1. The highest BCUT2D eigenvalue weighted by Crippen LogP contribution is 2.29. The Kier molecular flexibility index (Phi) is 5.21. The summed E-state index contributed by atoms with van der Waals surface area (Å²) < 4.78 is 7.03. The maximum atomic E-state index is 6.01. The third kappa shape index (κ3) is 4.36. The van der Waals surface area contributed by atoms with Crippen LogP contribution in [0.25, 0.3) is 0 Å². The molecule has 0 spiro atoms. The van der Waals surface area contributed by atoms with E-state index >= 15 is 0 Å². The van der Waals surface area contributed by atoms with E-state index in [1.165, 1.54) is 5.56 Å². The van der Waals surface area contributed by atoms with Gasteiger partial charge in [-0.25, -0.2) is 0 Å². The molecule has 0 unspecified atom stereocenters. The van der Waals surface area contributed by atoms with Crippen LogP contribution in [0.1, 0.15) is 25.0 Å². The van der Waals surface area contributed by atoms with Crippen molar-refractivity contribution in [3.8, 4) is 11.5 Å². The van der Waals surface area contributed by atoms with Crippen molar-refractivity contribution in [2.24, 2.45) is 0 Å². The maximum absolute atomic E-state index is 6.01. The monoisotopic (exact) mass is 333 g/mol. The molecule has 0 heterocycles. The minimum atomic E-state index is 0.450. The van der Waals surface area contributed by atoms with Crippen LogP contribution in [0.3, 0.4) is 0 Å². The van der Waals surface area contributed by atoms with E-state index < -0.39 is 0 Å². The highest BCUT2D eigenvalue weighted by molar-refractivity contribution is 9.10. The Morgan fingerprint density at radius 2 is 1.80 bits per heavy atom. The van der Waals surface area contributed by atoms with Gasteiger partial charge in [-0.15, -0.1) is 0 Å². The van der Waals surface area contributed by atoms with E-state index in [0.29, 0.717) is 6.04 Å². The molecule has 20 heavy (non-hydrogen) atoms. The van der Waals surface area contributed by atoms with Crippen molar-refractivity contribution < 1.29 is 4.74 Å². The maximum Gasteiger partial charge on any atom is 0.133 e. The first kappa shape index (κ1) is 15.1. The second-order valence-corrected chi connectivity index (χ2v) is 6.12. The van der Waals surface area contributed by atoms with Gasteiger partial charge in [0.1, 0.15) is 11.5 Å². The molecule has 0 saturated carbocycles. The zero-order valence-electron chi connectivity index (χ0n) is 12.1. The van der Waals surface area contributed by atoms with Crippen molar-refractivity contribution >= 4 is 15.9 Å². The van der Waals surface area contributed by atoms with Crippen molar-refractivity contribution in [3.05, 3.63) is 58.1 Å². The normalized spacial score (nSPS) is 10.8. The summed E-state index contributed by atoms with van der Waals surface area (Å²) in [6.07, 6.45) is 0. The van der Waals surface area contributed by atoms with E-state index in [4.69, 9.17) is 4.74 Å². The highest BCUT2D eigenvalue weighted by Gasteiger charge is 2.07. The van der Waals surface area contributed by atoms with Gasteiger partial charge in [-0.05, 0) is 31.2 Å². The first-order valence-electron chi connectivity index (χ1n) is 6.81. The molecule has 0 amide bonds. The standard InChI is InChI=1S/C17H20BrNO/c1-12(2)19-11-14-6-7-15(18)10-17(14)20-16-8-4-13(3)5-9-16/h4-10,12,19H,11H2,1-3H3. The fourth-order valence-electron chi connectivity index (χ4n) is 1.82. The lowest BCUT2D eigenvalue weighted by molar-refractivity contribution is 0.469. The van der Waals surface area contributed by atoms with Crippen LogP contribution in [-0.4, -0.2) is 6.04 Å². The Morgan fingerprint density at radius 1 is 1.10 bits per heavy atom. The number of aryl methyl sites for hydroxylation is 1.